The normalized spacial score (nSPS) is 20.3. The lowest BCUT2D eigenvalue weighted by molar-refractivity contribution is -0.137. The maximum atomic E-state index is 13.0. The van der Waals surface area contributed by atoms with Crippen molar-refractivity contribution in [2.45, 2.75) is 31.0 Å². The Labute approximate surface area is 179 Å². The second-order valence-electron chi connectivity index (χ2n) is 7.87. The fourth-order valence-corrected chi connectivity index (χ4v) is 4.56. The molecule has 1 aromatic heterocycles. The second-order valence-corrected chi connectivity index (χ2v) is 8.81. The number of nitrogens with zero attached hydrogens (tertiary/aromatic N) is 4. The molecule has 2 aliphatic rings. The van der Waals surface area contributed by atoms with Crippen LogP contribution in [0.15, 0.2) is 40.7 Å². The lowest BCUT2D eigenvalue weighted by atomic mass is 9.81. The van der Waals surface area contributed by atoms with Gasteiger partial charge in [0.1, 0.15) is 6.04 Å². The number of ether oxygens (including phenoxy) is 1. The van der Waals surface area contributed by atoms with Gasteiger partial charge >= 0.3 is 5.97 Å². The standard InChI is InChI=1S/C21H25N5O3S/c1-12-9-15-18(16(27)10-12)19(13-5-7-14(8-6-13)25(2)3)26-20(22-15)23-21(24-26)30-11-17(28)29-4/h5-8,12,19H,9-11H2,1-4H3,(H,22,23,24)/t12-,19+/m1/s1. The minimum Gasteiger partial charge on any atom is -0.468 e. The number of hydrogen-bond donors (Lipinski definition) is 1. The van der Waals surface area contributed by atoms with Gasteiger partial charge in [-0.3, -0.25) is 9.59 Å². The van der Waals surface area contributed by atoms with Crippen LogP contribution in [0.5, 0.6) is 0 Å². The molecule has 0 saturated heterocycles. The molecule has 1 N–H and O–H groups in total. The molecule has 158 valence electrons. The van der Waals surface area contributed by atoms with E-state index in [4.69, 9.17) is 4.74 Å². The quantitative estimate of drug-likeness (QED) is 0.576. The number of nitrogens with one attached hydrogen (secondary N) is 1. The van der Waals surface area contributed by atoms with Gasteiger partial charge in [0.25, 0.3) is 0 Å². The number of anilines is 2. The van der Waals surface area contributed by atoms with Crippen molar-refractivity contribution in [2.75, 3.05) is 37.2 Å². The molecule has 2 atom stereocenters. The number of fused-ring (bicyclic) bond motifs is 1. The van der Waals surface area contributed by atoms with Crippen LogP contribution in [0.1, 0.15) is 31.4 Å². The van der Waals surface area contributed by atoms with Gasteiger partial charge in [-0.2, -0.15) is 4.98 Å². The highest BCUT2D eigenvalue weighted by atomic mass is 32.2. The summed E-state index contributed by atoms with van der Waals surface area (Å²) >= 11 is 1.22. The summed E-state index contributed by atoms with van der Waals surface area (Å²) in [7, 11) is 5.34. The average Bonchev–Trinajstić information content (AvgIpc) is 3.12. The number of benzene rings is 1. The van der Waals surface area contributed by atoms with Crippen LogP contribution < -0.4 is 10.2 Å². The van der Waals surface area contributed by atoms with Crippen LogP contribution in [0.4, 0.5) is 11.6 Å². The molecule has 0 spiro atoms. The summed E-state index contributed by atoms with van der Waals surface area (Å²) in [6, 6.07) is 7.81. The number of hydrogen-bond acceptors (Lipinski definition) is 8. The second kappa shape index (κ2) is 8.14. The number of ketones is 1. The fourth-order valence-electron chi connectivity index (χ4n) is 3.89. The lowest BCUT2D eigenvalue weighted by Crippen LogP contribution is -2.33. The first-order valence-corrected chi connectivity index (χ1v) is 10.8. The zero-order chi connectivity index (χ0) is 21.4. The summed E-state index contributed by atoms with van der Waals surface area (Å²) in [5, 5.41) is 8.41. The Morgan fingerprint density at radius 1 is 1.30 bits per heavy atom. The van der Waals surface area contributed by atoms with Gasteiger partial charge in [0.05, 0.1) is 12.9 Å². The summed E-state index contributed by atoms with van der Waals surface area (Å²) < 4.78 is 6.46. The number of esters is 1. The Morgan fingerprint density at radius 3 is 2.70 bits per heavy atom. The van der Waals surface area contributed by atoms with Crippen LogP contribution in [0, 0.1) is 5.92 Å². The number of carbonyl (C=O) groups is 2. The molecule has 1 aliphatic heterocycles. The molecule has 0 unspecified atom stereocenters. The molecule has 8 nitrogen and oxygen atoms in total. The highest BCUT2D eigenvalue weighted by Gasteiger charge is 2.38. The van der Waals surface area contributed by atoms with Crippen LogP contribution >= 0.6 is 11.8 Å². The highest BCUT2D eigenvalue weighted by Crippen LogP contribution is 2.42. The Balaban J connectivity index is 1.75. The fraction of sp³-hybridized carbons (Fsp3) is 0.429. The molecular weight excluding hydrogens is 402 g/mol. The molecule has 0 bridgehead atoms. The monoisotopic (exact) mass is 427 g/mol. The number of carbonyl (C=O) groups excluding carboxylic acids is 2. The first-order chi connectivity index (χ1) is 14.4. The van der Waals surface area contributed by atoms with Crippen molar-refractivity contribution in [1.82, 2.24) is 14.8 Å². The molecular formula is C21H25N5O3S. The van der Waals surface area contributed by atoms with E-state index in [1.807, 2.05) is 43.3 Å². The lowest BCUT2D eigenvalue weighted by Gasteiger charge is -2.34. The average molecular weight is 428 g/mol. The minimum absolute atomic E-state index is 0.130. The van der Waals surface area contributed by atoms with Gasteiger partial charge in [-0.05, 0) is 30.0 Å². The molecule has 4 rings (SSSR count). The SMILES string of the molecule is COC(=O)CSc1nc2n(n1)[C@@H](c1ccc(N(C)C)cc1)C1=C(C[C@@H](C)CC1=O)N2. The summed E-state index contributed by atoms with van der Waals surface area (Å²) in [5.41, 5.74) is 3.74. The van der Waals surface area contributed by atoms with Crippen molar-refractivity contribution >= 4 is 35.2 Å². The van der Waals surface area contributed by atoms with E-state index in [9.17, 15) is 9.59 Å². The maximum absolute atomic E-state index is 13.0. The number of aromatic nitrogens is 3. The third kappa shape index (κ3) is 3.81. The third-order valence-corrected chi connectivity index (χ3v) is 6.19. The van der Waals surface area contributed by atoms with Crippen LogP contribution in [-0.4, -0.2) is 53.5 Å². The van der Waals surface area contributed by atoms with Crippen molar-refractivity contribution in [1.29, 1.82) is 0 Å². The molecule has 0 fully saturated rings. The van der Waals surface area contributed by atoms with Crippen molar-refractivity contribution < 1.29 is 14.3 Å². The van der Waals surface area contributed by atoms with E-state index in [1.54, 1.807) is 4.68 Å². The number of thioether (sulfide) groups is 1. The van der Waals surface area contributed by atoms with Gasteiger partial charge in [-0.25, -0.2) is 4.68 Å². The Hall–Kier alpha value is -2.81. The largest absolute Gasteiger partial charge is 0.468 e. The van der Waals surface area contributed by atoms with E-state index >= 15 is 0 Å². The smallest absolute Gasteiger partial charge is 0.316 e. The Kier molecular flexibility index (Phi) is 5.55. The first kappa shape index (κ1) is 20.5. The molecule has 0 amide bonds. The molecule has 1 aromatic carbocycles. The van der Waals surface area contributed by atoms with E-state index in [0.29, 0.717) is 17.5 Å². The number of allylic oxidation sites excluding steroid dienone is 2. The molecule has 0 saturated carbocycles. The molecule has 2 aromatic rings. The molecule has 1 aliphatic carbocycles. The van der Waals surface area contributed by atoms with Crippen molar-refractivity contribution in [3.05, 3.63) is 41.1 Å². The van der Waals surface area contributed by atoms with E-state index in [2.05, 4.69) is 22.3 Å². The van der Waals surface area contributed by atoms with Crippen LogP contribution in [-0.2, 0) is 14.3 Å². The van der Waals surface area contributed by atoms with Gasteiger partial charge in [0.15, 0.2) is 5.78 Å². The van der Waals surface area contributed by atoms with Crippen LogP contribution in [0.2, 0.25) is 0 Å². The van der Waals surface area contributed by atoms with Crippen molar-refractivity contribution in [3.63, 3.8) is 0 Å². The molecule has 0 radical (unpaired) electrons. The summed E-state index contributed by atoms with van der Waals surface area (Å²) in [6.45, 7) is 2.08. The van der Waals surface area contributed by atoms with Crippen LogP contribution in [0.25, 0.3) is 0 Å². The summed E-state index contributed by atoms with van der Waals surface area (Å²) in [5.74, 6) is 0.805. The highest BCUT2D eigenvalue weighted by molar-refractivity contribution is 7.99. The Bertz CT molecular complexity index is 1010. The topological polar surface area (TPSA) is 89.3 Å². The molecule has 30 heavy (non-hydrogen) atoms. The van der Waals surface area contributed by atoms with Crippen molar-refractivity contribution in [3.8, 4) is 0 Å². The zero-order valence-electron chi connectivity index (χ0n) is 17.5. The zero-order valence-corrected chi connectivity index (χ0v) is 18.3. The van der Waals surface area contributed by atoms with Gasteiger partial charge in [-0.1, -0.05) is 30.8 Å². The summed E-state index contributed by atoms with van der Waals surface area (Å²) in [6.07, 6.45) is 1.33. The predicted octanol–water partition coefficient (Wildman–Crippen LogP) is 2.88. The number of Topliss-reactive ketones (excluding diaryl/α,β-unsaturated/α-hetero) is 1. The third-order valence-electron chi connectivity index (χ3n) is 5.38. The van der Waals surface area contributed by atoms with E-state index in [1.165, 1.54) is 18.9 Å². The van der Waals surface area contributed by atoms with E-state index < -0.39 is 0 Å². The van der Waals surface area contributed by atoms with Gasteiger partial charge < -0.3 is 15.0 Å². The van der Waals surface area contributed by atoms with E-state index in [0.717, 1.165) is 28.9 Å². The van der Waals surface area contributed by atoms with Gasteiger partial charge in [-0.15, -0.1) is 5.10 Å². The molecule has 2 heterocycles. The summed E-state index contributed by atoms with van der Waals surface area (Å²) in [4.78, 5) is 31.1. The Morgan fingerprint density at radius 2 is 2.03 bits per heavy atom. The van der Waals surface area contributed by atoms with Crippen LogP contribution in [0.3, 0.4) is 0 Å². The maximum Gasteiger partial charge on any atom is 0.316 e. The van der Waals surface area contributed by atoms with E-state index in [-0.39, 0.29) is 29.5 Å². The van der Waals surface area contributed by atoms with Gasteiger partial charge in [0.2, 0.25) is 11.1 Å². The number of rotatable bonds is 5. The minimum atomic E-state index is -0.340. The predicted molar refractivity (Wildman–Crippen MR) is 116 cm³/mol. The first-order valence-electron chi connectivity index (χ1n) is 9.84. The van der Waals surface area contributed by atoms with Gasteiger partial charge in [0, 0.05) is 37.5 Å². The number of methoxy groups -OCH3 is 1. The van der Waals surface area contributed by atoms with Crippen molar-refractivity contribution in [2.24, 2.45) is 5.92 Å². The molecule has 9 heteroatoms.